The second-order valence-corrected chi connectivity index (χ2v) is 9.71. The highest BCUT2D eigenvalue weighted by Crippen LogP contribution is 2.68. The summed E-state index contributed by atoms with van der Waals surface area (Å²) in [6.07, 6.45) is -8.31. The normalized spacial score (nSPS) is 17.8. The Hall–Kier alpha value is -2.05. The molecule has 1 atom stereocenters. The zero-order valence-electron chi connectivity index (χ0n) is 19.3. The van der Waals surface area contributed by atoms with Gasteiger partial charge in [0.1, 0.15) is 0 Å². The molecule has 0 saturated heterocycles. The third kappa shape index (κ3) is 5.06. The maximum Gasteiger partial charge on any atom is 0.460 e. The molecule has 0 aliphatic heterocycles. The lowest BCUT2D eigenvalue weighted by Crippen LogP contribution is -2.79. The Morgan fingerprint density at radius 1 is 0.326 bits per heavy atom. The number of hydrogen-bond donors (Lipinski definition) is 1. The molecule has 0 saturated carbocycles. The Balaban J connectivity index is 7.56. The van der Waals surface area contributed by atoms with Crippen molar-refractivity contribution in [2.24, 2.45) is 0 Å². The molecule has 0 rings (SSSR count). The molecule has 0 aromatic heterocycles. The van der Waals surface area contributed by atoms with Gasteiger partial charge in [0.15, 0.2) is 0 Å². The van der Waals surface area contributed by atoms with Crippen LogP contribution in [0.2, 0.25) is 0 Å². The van der Waals surface area contributed by atoms with Crippen LogP contribution in [0.5, 0.6) is 0 Å². The molecule has 46 heavy (non-hydrogen) atoms. The van der Waals surface area contributed by atoms with Crippen LogP contribution >= 0.6 is 0 Å². The molecule has 1 N–H and O–H groups in total. The van der Waals surface area contributed by atoms with Gasteiger partial charge in [-0.25, -0.2) is 4.39 Å². The predicted octanol–water partition coefficient (Wildman–Crippen LogP) is 8.36. The Morgan fingerprint density at radius 2 is 0.478 bits per heavy atom. The molecule has 0 aliphatic carbocycles. The molecule has 32 heteroatoms. The van der Waals surface area contributed by atoms with Gasteiger partial charge < -0.3 is 0 Å². The van der Waals surface area contributed by atoms with E-state index in [1.807, 2.05) is 0 Å². The zero-order valence-corrected chi connectivity index (χ0v) is 20.1. The summed E-state index contributed by atoms with van der Waals surface area (Å²) in [4.78, 5) is 0. The average molecular weight is 782 g/mol. The van der Waals surface area contributed by atoms with Gasteiger partial charge in [0, 0.05) is 0 Å². The zero-order chi connectivity index (χ0) is 38.6. The van der Waals surface area contributed by atoms with Gasteiger partial charge in [-0.1, -0.05) is 0 Å². The number of alkyl halides is 28. The van der Waals surface area contributed by atoms with E-state index in [1.165, 1.54) is 0 Å². The highest BCUT2D eigenvalue weighted by molar-refractivity contribution is 7.86. The molecule has 278 valence electrons. The highest BCUT2D eigenvalue weighted by atomic mass is 32.2. The number of hydrogen-bond acceptors (Lipinski definition) is 2. The van der Waals surface area contributed by atoms with Crippen molar-refractivity contribution in [3.63, 3.8) is 0 Å². The van der Waals surface area contributed by atoms with Gasteiger partial charge in [-0.15, -0.1) is 0 Å². The third-order valence-corrected chi connectivity index (χ3v) is 6.08. The summed E-state index contributed by atoms with van der Waals surface area (Å²) in [6, 6.07) is 0. The highest BCUT2D eigenvalue weighted by Gasteiger charge is 3.00. The Morgan fingerprint density at radius 3 is 0.630 bits per heavy atom. The van der Waals surface area contributed by atoms with Gasteiger partial charge in [-0.3, -0.25) is 4.55 Å². The molecule has 0 fully saturated rings. The van der Waals surface area contributed by atoms with Crippen molar-refractivity contribution in [3.8, 4) is 0 Å². The molecule has 0 aliphatic rings. The Kier molecular flexibility index (Phi) is 10.0. The quantitative estimate of drug-likeness (QED) is 0.151. The van der Waals surface area contributed by atoms with E-state index in [1.54, 1.807) is 0 Å². The van der Waals surface area contributed by atoms with Crippen LogP contribution in [0.4, 0.5) is 123 Å². The topological polar surface area (TPSA) is 54.4 Å². The van der Waals surface area contributed by atoms with Crippen molar-refractivity contribution >= 4 is 10.1 Å². The minimum atomic E-state index is -9.96. The number of halogens is 28. The molecular weight excluding hydrogens is 780 g/mol. The van der Waals surface area contributed by atoms with E-state index >= 15 is 0 Å². The van der Waals surface area contributed by atoms with Crippen molar-refractivity contribution in [1.82, 2.24) is 0 Å². The van der Waals surface area contributed by atoms with Crippen LogP contribution in [0.25, 0.3) is 0 Å². The smallest absolute Gasteiger partial charge is 0.283 e. The van der Waals surface area contributed by atoms with Crippen LogP contribution in [-0.2, 0) is 10.1 Å². The summed E-state index contributed by atoms with van der Waals surface area (Å²) in [7, 11) is -7.59. The first-order chi connectivity index (χ1) is 19.2. The first kappa shape index (κ1) is 43.9. The summed E-state index contributed by atoms with van der Waals surface area (Å²) in [5.74, 6) is -114. The lowest BCUT2D eigenvalue weighted by Gasteiger charge is -2.46. The minimum absolute atomic E-state index is 6.39. The van der Waals surface area contributed by atoms with Crippen molar-refractivity contribution < 1.29 is 136 Å². The molecule has 0 radical (unpaired) electrons. The van der Waals surface area contributed by atoms with E-state index in [-0.39, 0.29) is 0 Å². The fourth-order valence-electron chi connectivity index (χ4n) is 2.49. The van der Waals surface area contributed by atoms with Crippen molar-refractivity contribution in [2.75, 3.05) is 0 Å². The predicted molar refractivity (Wildman–Crippen MR) is 81.9 cm³/mol. The first-order valence-corrected chi connectivity index (χ1v) is 10.9. The van der Waals surface area contributed by atoms with E-state index in [2.05, 4.69) is 0 Å². The summed E-state index contributed by atoms with van der Waals surface area (Å²) in [6.45, 7) is 0. The molecule has 0 bridgehead atoms. The van der Waals surface area contributed by atoms with Crippen LogP contribution in [0.3, 0.4) is 0 Å². The van der Waals surface area contributed by atoms with E-state index < -0.39 is 92.9 Å². The standard InChI is InChI=1S/C14H2F28O3S/c15-1(46(43,44)45)2(16,17)3(18,19)4(20,21)5(22,23)6(24,25)7(26,27)8(28,29)9(30,31)10(32,33)11(34,35)12(36,37)13(38,39)14(40,41)42/h1H,(H,43,44,45). The molecule has 0 amide bonds. The molecule has 0 heterocycles. The van der Waals surface area contributed by atoms with Gasteiger partial charge >= 0.3 is 87.4 Å². The maximum absolute atomic E-state index is 13.6. The minimum Gasteiger partial charge on any atom is -0.283 e. The summed E-state index contributed by atoms with van der Waals surface area (Å²) in [5.41, 5.74) is -6.39. The molecule has 0 aromatic rings. The van der Waals surface area contributed by atoms with E-state index in [0.29, 0.717) is 0 Å². The van der Waals surface area contributed by atoms with Gasteiger partial charge in [0.05, 0.1) is 0 Å². The van der Waals surface area contributed by atoms with Crippen LogP contribution < -0.4 is 0 Å². The van der Waals surface area contributed by atoms with E-state index in [4.69, 9.17) is 4.55 Å². The molecule has 0 aromatic carbocycles. The lowest BCUT2D eigenvalue weighted by atomic mass is 9.84. The number of rotatable bonds is 13. The average Bonchev–Trinajstić information content (AvgIpc) is 2.80. The third-order valence-electron chi connectivity index (χ3n) is 5.26. The van der Waals surface area contributed by atoms with Crippen LogP contribution in [0.1, 0.15) is 0 Å². The summed E-state index contributed by atoms with van der Waals surface area (Å²) < 4.78 is 399. The van der Waals surface area contributed by atoms with Gasteiger partial charge in [0.25, 0.3) is 5.50 Å². The van der Waals surface area contributed by atoms with Gasteiger partial charge in [-0.05, 0) is 0 Å². The van der Waals surface area contributed by atoms with Crippen molar-refractivity contribution in [2.45, 2.75) is 82.8 Å². The fraction of sp³-hybridized carbons (Fsp3) is 1.00. The maximum atomic E-state index is 13.6. The Bertz CT molecular complexity index is 1240. The monoisotopic (exact) mass is 782 g/mol. The van der Waals surface area contributed by atoms with Gasteiger partial charge in [-0.2, -0.15) is 127 Å². The molecule has 0 spiro atoms. The van der Waals surface area contributed by atoms with Crippen LogP contribution in [0.15, 0.2) is 0 Å². The summed E-state index contributed by atoms with van der Waals surface area (Å²) >= 11 is 0. The second kappa shape index (κ2) is 10.5. The van der Waals surface area contributed by atoms with E-state index in [9.17, 15) is 131 Å². The first-order valence-electron chi connectivity index (χ1n) is 9.36. The summed E-state index contributed by atoms with van der Waals surface area (Å²) in [5, 5.41) is 0. The van der Waals surface area contributed by atoms with Crippen molar-refractivity contribution in [1.29, 1.82) is 0 Å². The van der Waals surface area contributed by atoms with E-state index in [0.717, 1.165) is 0 Å². The van der Waals surface area contributed by atoms with Gasteiger partial charge in [0.2, 0.25) is 0 Å². The largest absolute Gasteiger partial charge is 0.460 e. The fourth-order valence-corrected chi connectivity index (χ4v) is 3.01. The van der Waals surface area contributed by atoms with Crippen LogP contribution in [0, 0.1) is 0 Å². The molecule has 3 nitrogen and oxygen atoms in total. The lowest BCUT2D eigenvalue weighted by molar-refractivity contribution is -0.485. The molecular formula is C14H2F28O3S. The van der Waals surface area contributed by atoms with Crippen LogP contribution in [-0.4, -0.2) is 95.7 Å². The second-order valence-electron chi connectivity index (χ2n) is 8.27. The van der Waals surface area contributed by atoms with Crippen molar-refractivity contribution in [3.05, 3.63) is 0 Å². The SMILES string of the molecule is O=S(=O)(O)C(F)C(F)(F)C(F)(F)C(F)(F)C(F)(F)C(F)(F)C(F)(F)C(F)(F)C(F)(F)C(F)(F)C(F)(F)C(F)(F)C(F)(F)C(F)(F)F. The molecule has 1 unspecified atom stereocenters. The Labute approximate surface area is 230 Å².